The molecule has 1 aromatic carbocycles. The fourth-order valence-electron chi connectivity index (χ4n) is 2.34. The predicted molar refractivity (Wildman–Crippen MR) is 74.5 cm³/mol. The van der Waals surface area contributed by atoms with Gasteiger partial charge in [-0.1, -0.05) is 18.2 Å². The maximum Gasteiger partial charge on any atom is 0.220 e. The Bertz CT molecular complexity index is 592. The fourth-order valence-corrected chi connectivity index (χ4v) is 2.34. The number of hydrogen-bond acceptors (Lipinski definition) is 5. The number of carbonyl (C=O) groups excluding carboxylic acids is 1. The van der Waals surface area contributed by atoms with E-state index in [2.05, 4.69) is 20.8 Å². The van der Waals surface area contributed by atoms with E-state index >= 15 is 0 Å². The van der Waals surface area contributed by atoms with Gasteiger partial charge in [0.25, 0.3) is 0 Å². The summed E-state index contributed by atoms with van der Waals surface area (Å²) in [5.41, 5.74) is 0.871. The number of benzene rings is 1. The molecular formula is C14H17N5O2. The van der Waals surface area contributed by atoms with E-state index in [0.717, 1.165) is 18.7 Å². The van der Waals surface area contributed by atoms with E-state index in [-0.39, 0.29) is 5.91 Å². The Balaban J connectivity index is 1.58. The van der Waals surface area contributed by atoms with Gasteiger partial charge in [0, 0.05) is 19.6 Å². The molecule has 2 heterocycles. The standard InChI is InChI=1S/C14H17N5O2/c20-14(8-11-6-7-21-10-11)15-9-13-16-17-18-19(13)12-4-2-1-3-5-12/h1-5,11H,6-10H2,(H,15,20). The molecule has 0 saturated carbocycles. The molecule has 7 nitrogen and oxygen atoms in total. The minimum absolute atomic E-state index is 0.00751. The topological polar surface area (TPSA) is 81.9 Å². The number of aromatic nitrogens is 4. The number of hydrogen-bond donors (Lipinski definition) is 1. The second-order valence-electron chi connectivity index (χ2n) is 5.05. The van der Waals surface area contributed by atoms with Crippen LogP contribution in [0.4, 0.5) is 0 Å². The molecule has 0 spiro atoms. The van der Waals surface area contributed by atoms with Gasteiger partial charge in [-0.05, 0) is 34.9 Å². The van der Waals surface area contributed by atoms with Crippen LogP contribution >= 0.6 is 0 Å². The first-order valence-corrected chi connectivity index (χ1v) is 7.00. The highest BCUT2D eigenvalue weighted by atomic mass is 16.5. The zero-order valence-corrected chi connectivity index (χ0v) is 11.6. The van der Waals surface area contributed by atoms with E-state index in [1.54, 1.807) is 4.68 Å². The lowest BCUT2D eigenvalue weighted by molar-refractivity contribution is -0.122. The Morgan fingerprint density at radius 1 is 1.38 bits per heavy atom. The minimum atomic E-state index is 0.00751. The van der Waals surface area contributed by atoms with Crippen LogP contribution in [-0.2, 0) is 16.1 Å². The van der Waals surface area contributed by atoms with Crippen LogP contribution in [0, 0.1) is 5.92 Å². The van der Waals surface area contributed by atoms with Gasteiger partial charge < -0.3 is 10.1 Å². The van der Waals surface area contributed by atoms with Gasteiger partial charge in [-0.3, -0.25) is 4.79 Å². The zero-order valence-electron chi connectivity index (χ0n) is 11.6. The molecule has 110 valence electrons. The Morgan fingerprint density at radius 3 is 3.00 bits per heavy atom. The number of carbonyl (C=O) groups is 1. The Hall–Kier alpha value is -2.28. The molecule has 1 fully saturated rings. The van der Waals surface area contributed by atoms with Crippen LogP contribution in [0.25, 0.3) is 5.69 Å². The first kappa shape index (κ1) is 13.7. The highest BCUT2D eigenvalue weighted by molar-refractivity contribution is 5.76. The average molecular weight is 287 g/mol. The Morgan fingerprint density at radius 2 is 2.24 bits per heavy atom. The number of amides is 1. The molecule has 2 aromatic rings. The van der Waals surface area contributed by atoms with Crippen LogP contribution in [0.3, 0.4) is 0 Å². The molecule has 1 aliphatic heterocycles. The van der Waals surface area contributed by atoms with E-state index in [1.807, 2.05) is 30.3 Å². The van der Waals surface area contributed by atoms with Crippen molar-refractivity contribution in [2.45, 2.75) is 19.4 Å². The first-order valence-electron chi connectivity index (χ1n) is 7.00. The van der Waals surface area contributed by atoms with Crippen LogP contribution in [0.1, 0.15) is 18.7 Å². The number of nitrogens with one attached hydrogen (secondary N) is 1. The molecule has 3 rings (SSSR count). The lowest BCUT2D eigenvalue weighted by Crippen LogP contribution is -2.26. The molecule has 0 bridgehead atoms. The summed E-state index contributed by atoms with van der Waals surface area (Å²) < 4.78 is 6.89. The summed E-state index contributed by atoms with van der Waals surface area (Å²) >= 11 is 0. The normalized spacial score (nSPS) is 17.8. The average Bonchev–Trinajstić information content (AvgIpc) is 3.17. The molecule has 1 atom stereocenters. The Labute approximate surface area is 122 Å². The van der Waals surface area contributed by atoms with Gasteiger partial charge in [0.15, 0.2) is 5.82 Å². The van der Waals surface area contributed by atoms with E-state index in [0.29, 0.717) is 31.3 Å². The van der Waals surface area contributed by atoms with Gasteiger partial charge in [-0.15, -0.1) is 5.10 Å². The van der Waals surface area contributed by atoms with E-state index < -0.39 is 0 Å². The SMILES string of the molecule is O=C(CC1CCOC1)NCc1nnnn1-c1ccccc1. The zero-order chi connectivity index (χ0) is 14.5. The third-order valence-corrected chi connectivity index (χ3v) is 3.48. The summed E-state index contributed by atoms with van der Waals surface area (Å²) in [6, 6.07) is 9.59. The van der Waals surface area contributed by atoms with Crippen molar-refractivity contribution in [3.05, 3.63) is 36.2 Å². The van der Waals surface area contributed by atoms with E-state index in [1.165, 1.54) is 0 Å². The van der Waals surface area contributed by atoms with Crippen LogP contribution in [0.5, 0.6) is 0 Å². The highest BCUT2D eigenvalue weighted by Crippen LogP contribution is 2.16. The van der Waals surface area contributed by atoms with Gasteiger partial charge in [0.1, 0.15) is 0 Å². The number of nitrogens with zero attached hydrogens (tertiary/aromatic N) is 4. The smallest absolute Gasteiger partial charge is 0.220 e. The molecule has 0 aliphatic carbocycles. The van der Waals surface area contributed by atoms with Crippen molar-refractivity contribution in [1.82, 2.24) is 25.5 Å². The van der Waals surface area contributed by atoms with Gasteiger partial charge in [-0.2, -0.15) is 4.68 Å². The van der Waals surface area contributed by atoms with Gasteiger partial charge >= 0.3 is 0 Å². The van der Waals surface area contributed by atoms with E-state index in [4.69, 9.17) is 4.74 Å². The van der Waals surface area contributed by atoms with Gasteiger partial charge in [0.2, 0.25) is 5.91 Å². The summed E-state index contributed by atoms with van der Waals surface area (Å²) in [7, 11) is 0. The van der Waals surface area contributed by atoms with Crippen LogP contribution in [0.15, 0.2) is 30.3 Å². The molecule has 1 saturated heterocycles. The molecule has 1 N–H and O–H groups in total. The van der Waals surface area contributed by atoms with Crippen molar-refractivity contribution >= 4 is 5.91 Å². The van der Waals surface area contributed by atoms with Gasteiger partial charge in [-0.25, -0.2) is 0 Å². The fraction of sp³-hybridized carbons (Fsp3) is 0.429. The van der Waals surface area contributed by atoms with Gasteiger partial charge in [0.05, 0.1) is 12.2 Å². The highest BCUT2D eigenvalue weighted by Gasteiger charge is 2.19. The lowest BCUT2D eigenvalue weighted by atomic mass is 10.1. The monoisotopic (exact) mass is 287 g/mol. The van der Waals surface area contributed by atoms with Crippen molar-refractivity contribution in [1.29, 1.82) is 0 Å². The van der Waals surface area contributed by atoms with Crippen LogP contribution in [0.2, 0.25) is 0 Å². The predicted octanol–water partition coefficient (Wildman–Crippen LogP) is 0.705. The Kier molecular flexibility index (Phi) is 4.20. The van der Waals surface area contributed by atoms with Crippen molar-refractivity contribution in [3.8, 4) is 5.69 Å². The van der Waals surface area contributed by atoms with E-state index in [9.17, 15) is 4.79 Å². The first-order chi connectivity index (χ1) is 10.3. The quantitative estimate of drug-likeness (QED) is 0.875. The molecule has 1 aromatic heterocycles. The van der Waals surface area contributed by atoms with Crippen molar-refractivity contribution in [3.63, 3.8) is 0 Å². The van der Waals surface area contributed by atoms with Crippen molar-refractivity contribution < 1.29 is 9.53 Å². The largest absolute Gasteiger partial charge is 0.381 e. The second kappa shape index (κ2) is 6.45. The third kappa shape index (κ3) is 3.43. The third-order valence-electron chi connectivity index (χ3n) is 3.48. The minimum Gasteiger partial charge on any atom is -0.381 e. The molecular weight excluding hydrogens is 270 g/mol. The van der Waals surface area contributed by atoms with Crippen molar-refractivity contribution in [2.24, 2.45) is 5.92 Å². The number of tetrazole rings is 1. The van der Waals surface area contributed by atoms with Crippen LogP contribution in [-0.4, -0.2) is 39.3 Å². The molecule has 0 radical (unpaired) electrons. The number of para-hydroxylation sites is 1. The number of rotatable bonds is 5. The second-order valence-corrected chi connectivity index (χ2v) is 5.05. The summed E-state index contributed by atoms with van der Waals surface area (Å²) in [6.07, 6.45) is 1.45. The maximum absolute atomic E-state index is 11.9. The summed E-state index contributed by atoms with van der Waals surface area (Å²) in [4.78, 5) is 11.9. The maximum atomic E-state index is 11.9. The summed E-state index contributed by atoms with van der Waals surface area (Å²) in [5.74, 6) is 0.945. The summed E-state index contributed by atoms with van der Waals surface area (Å²) in [6.45, 7) is 1.74. The molecule has 1 amide bonds. The lowest BCUT2D eigenvalue weighted by Gasteiger charge is -2.08. The van der Waals surface area contributed by atoms with Crippen LogP contribution < -0.4 is 5.32 Å². The molecule has 1 aliphatic rings. The molecule has 21 heavy (non-hydrogen) atoms. The molecule has 1 unspecified atom stereocenters. The molecule has 7 heteroatoms. The number of ether oxygens (including phenoxy) is 1. The van der Waals surface area contributed by atoms with Crippen molar-refractivity contribution in [2.75, 3.05) is 13.2 Å². The summed E-state index contributed by atoms with van der Waals surface area (Å²) in [5, 5.41) is 14.4.